The second kappa shape index (κ2) is 14.7. The highest BCUT2D eigenvalue weighted by Gasteiger charge is 2.34. The number of hydrogen-bond donors (Lipinski definition) is 1. The number of benzene rings is 3. The Balaban J connectivity index is 2.11. The number of aryl methyl sites for hydroxylation is 1. The van der Waals surface area contributed by atoms with Crippen molar-refractivity contribution < 1.29 is 18.0 Å². The van der Waals surface area contributed by atoms with Crippen molar-refractivity contribution in [3.63, 3.8) is 0 Å². The van der Waals surface area contributed by atoms with Crippen molar-refractivity contribution in [3.8, 4) is 0 Å². The quantitative estimate of drug-likeness (QED) is 0.260. The van der Waals surface area contributed by atoms with Crippen LogP contribution in [0.1, 0.15) is 43.9 Å². The molecule has 41 heavy (non-hydrogen) atoms. The SMILES string of the molecule is CCc1ccccc1N(CC(=O)N(Cc1ccc(Cl)cc1Cl)[C@H](Cc1ccccc1)C(=O)N[C@H](C)CC)S(C)(=O)=O. The fourth-order valence-corrected chi connectivity index (χ4v) is 5.82. The van der Waals surface area contributed by atoms with E-state index >= 15 is 0 Å². The van der Waals surface area contributed by atoms with Crippen molar-refractivity contribution in [2.45, 2.75) is 58.7 Å². The normalized spacial score (nSPS) is 12.8. The Labute approximate surface area is 253 Å². The molecule has 3 aromatic carbocycles. The number of amides is 2. The lowest BCUT2D eigenvalue weighted by Crippen LogP contribution is -2.54. The molecule has 2 atom stereocenters. The Hall–Kier alpha value is -3.07. The number of nitrogens with one attached hydrogen (secondary N) is 1. The second-order valence-corrected chi connectivity index (χ2v) is 12.8. The smallest absolute Gasteiger partial charge is 0.244 e. The van der Waals surface area contributed by atoms with Gasteiger partial charge in [-0.3, -0.25) is 13.9 Å². The number of anilines is 1. The molecule has 0 unspecified atom stereocenters. The van der Waals surface area contributed by atoms with Crippen LogP contribution < -0.4 is 9.62 Å². The van der Waals surface area contributed by atoms with E-state index in [0.29, 0.717) is 34.1 Å². The van der Waals surface area contributed by atoms with E-state index in [0.717, 1.165) is 21.7 Å². The summed E-state index contributed by atoms with van der Waals surface area (Å²) in [5.41, 5.74) is 2.65. The minimum atomic E-state index is -3.85. The zero-order chi connectivity index (χ0) is 30.2. The van der Waals surface area contributed by atoms with Gasteiger partial charge in [-0.05, 0) is 54.7 Å². The van der Waals surface area contributed by atoms with Crippen LogP contribution >= 0.6 is 23.2 Å². The lowest BCUT2D eigenvalue weighted by atomic mass is 10.0. The maximum Gasteiger partial charge on any atom is 0.244 e. The molecule has 10 heteroatoms. The largest absolute Gasteiger partial charge is 0.352 e. The van der Waals surface area contributed by atoms with Crippen LogP contribution in [0.5, 0.6) is 0 Å². The standard InChI is InChI=1S/C31H37Cl2N3O4S/c1-5-22(3)34-31(38)29(18-23-12-8-7-9-13-23)35(20-25-16-17-26(32)19-27(25)33)30(37)21-36(41(4,39)40)28-15-11-10-14-24(28)6-2/h7-17,19,22,29H,5-6,18,20-21H2,1-4H3,(H,34,38)/t22-,29-/m1/s1. The molecule has 0 spiro atoms. The first kappa shape index (κ1) is 32.4. The Morgan fingerprint density at radius 1 is 0.927 bits per heavy atom. The van der Waals surface area contributed by atoms with Crippen molar-refractivity contribution >= 4 is 50.7 Å². The Morgan fingerprint density at radius 3 is 2.20 bits per heavy atom. The van der Waals surface area contributed by atoms with Gasteiger partial charge in [0.2, 0.25) is 21.8 Å². The number of halogens is 2. The number of hydrogen-bond acceptors (Lipinski definition) is 4. The van der Waals surface area contributed by atoms with Crippen LogP contribution in [-0.2, 0) is 39.0 Å². The summed E-state index contributed by atoms with van der Waals surface area (Å²) in [5, 5.41) is 3.79. The molecule has 1 N–H and O–H groups in total. The highest BCUT2D eigenvalue weighted by Crippen LogP contribution is 2.27. The summed E-state index contributed by atoms with van der Waals surface area (Å²) in [6.07, 6.45) is 2.58. The molecule has 2 amide bonds. The number of nitrogens with zero attached hydrogens (tertiary/aromatic N) is 2. The molecule has 0 aromatic heterocycles. The summed E-state index contributed by atoms with van der Waals surface area (Å²) in [6, 6.07) is 20.4. The van der Waals surface area contributed by atoms with Gasteiger partial charge in [0.05, 0.1) is 11.9 Å². The minimum absolute atomic E-state index is 0.0205. The number of carbonyl (C=O) groups excluding carboxylic acids is 2. The van der Waals surface area contributed by atoms with E-state index in [9.17, 15) is 18.0 Å². The number of rotatable bonds is 13. The fraction of sp³-hybridized carbons (Fsp3) is 0.355. The average Bonchev–Trinajstić information content (AvgIpc) is 2.94. The van der Waals surface area contributed by atoms with Gasteiger partial charge in [-0.15, -0.1) is 0 Å². The Morgan fingerprint density at radius 2 is 1.59 bits per heavy atom. The lowest BCUT2D eigenvalue weighted by Gasteiger charge is -2.34. The molecular weight excluding hydrogens is 581 g/mol. The average molecular weight is 619 g/mol. The third kappa shape index (κ3) is 8.96. The van der Waals surface area contributed by atoms with Gasteiger partial charge in [-0.1, -0.05) is 91.6 Å². The highest BCUT2D eigenvalue weighted by molar-refractivity contribution is 7.92. The summed E-state index contributed by atoms with van der Waals surface area (Å²) >= 11 is 12.6. The van der Waals surface area contributed by atoms with Crippen molar-refractivity contribution in [3.05, 3.63) is 99.5 Å². The number of para-hydroxylation sites is 1. The molecule has 3 aromatic rings. The minimum Gasteiger partial charge on any atom is -0.352 e. The highest BCUT2D eigenvalue weighted by atomic mass is 35.5. The van der Waals surface area contributed by atoms with Crippen LogP contribution in [0.15, 0.2) is 72.8 Å². The molecule has 0 aliphatic heterocycles. The fourth-order valence-electron chi connectivity index (χ4n) is 4.48. The molecule has 0 heterocycles. The summed E-state index contributed by atoms with van der Waals surface area (Å²) in [7, 11) is -3.85. The van der Waals surface area contributed by atoms with E-state index in [1.807, 2.05) is 63.2 Å². The molecule has 0 aliphatic carbocycles. The third-order valence-corrected chi connectivity index (χ3v) is 8.66. The second-order valence-electron chi connectivity index (χ2n) is 10.0. The van der Waals surface area contributed by atoms with Gasteiger partial charge in [0, 0.05) is 29.1 Å². The van der Waals surface area contributed by atoms with E-state index in [1.165, 1.54) is 4.90 Å². The first-order chi connectivity index (χ1) is 19.4. The summed E-state index contributed by atoms with van der Waals surface area (Å²) in [4.78, 5) is 29.4. The summed E-state index contributed by atoms with van der Waals surface area (Å²) in [5.74, 6) is -0.867. The van der Waals surface area contributed by atoms with Gasteiger partial charge >= 0.3 is 0 Å². The number of sulfonamides is 1. The zero-order valence-electron chi connectivity index (χ0n) is 23.8. The molecule has 3 rings (SSSR count). The molecule has 0 radical (unpaired) electrons. The van der Waals surface area contributed by atoms with E-state index < -0.39 is 28.5 Å². The van der Waals surface area contributed by atoms with Gasteiger partial charge in [0.25, 0.3) is 0 Å². The molecule has 7 nitrogen and oxygen atoms in total. The Bertz CT molecular complexity index is 1450. The molecule has 0 saturated heterocycles. The van der Waals surface area contributed by atoms with Crippen LogP contribution in [0, 0.1) is 0 Å². The van der Waals surface area contributed by atoms with Crippen molar-refractivity contribution in [2.75, 3.05) is 17.1 Å². The Kier molecular flexibility index (Phi) is 11.6. The van der Waals surface area contributed by atoms with Crippen LogP contribution in [0.3, 0.4) is 0 Å². The maximum absolute atomic E-state index is 14.2. The van der Waals surface area contributed by atoms with Crippen LogP contribution in [0.2, 0.25) is 10.0 Å². The monoisotopic (exact) mass is 617 g/mol. The van der Waals surface area contributed by atoms with Crippen LogP contribution in [0.25, 0.3) is 0 Å². The molecule has 0 saturated carbocycles. The zero-order valence-corrected chi connectivity index (χ0v) is 26.1. The van der Waals surface area contributed by atoms with Gasteiger partial charge in [0.15, 0.2) is 0 Å². The van der Waals surface area contributed by atoms with Gasteiger partial charge in [-0.2, -0.15) is 0 Å². The van der Waals surface area contributed by atoms with Crippen molar-refractivity contribution in [1.82, 2.24) is 10.2 Å². The van der Waals surface area contributed by atoms with Gasteiger partial charge < -0.3 is 10.2 Å². The molecule has 0 aliphatic rings. The molecule has 0 fully saturated rings. The van der Waals surface area contributed by atoms with E-state index in [-0.39, 0.29) is 24.9 Å². The van der Waals surface area contributed by atoms with E-state index in [4.69, 9.17) is 23.2 Å². The molecule has 220 valence electrons. The molecule has 0 bridgehead atoms. The summed E-state index contributed by atoms with van der Waals surface area (Å²) < 4.78 is 27.2. The first-order valence-corrected chi connectivity index (χ1v) is 16.2. The number of carbonyl (C=O) groups is 2. The van der Waals surface area contributed by atoms with Gasteiger partial charge in [0.1, 0.15) is 12.6 Å². The lowest BCUT2D eigenvalue weighted by molar-refractivity contribution is -0.140. The predicted molar refractivity (Wildman–Crippen MR) is 167 cm³/mol. The topological polar surface area (TPSA) is 86.8 Å². The first-order valence-electron chi connectivity index (χ1n) is 13.6. The van der Waals surface area contributed by atoms with Gasteiger partial charge in [-0.25, -0.2) is 8.42 Å². The molecular formula is C31H37Cl2N3O4S. The van der Waals surface area contributed by atoms with Crippen LogP contribution in [0.4, 0.5) is 5.69 Å². The van der Waals surface area contributed by atoms with Crippen molar-refractivity contribution in [1.29, 1.82) is 0 Å². The predicted octanol–water partition coefficient (Wildman–Crippen LogP) is 5.88. The summed E-state index contributed by atoms with van der Waals surface area (Å²) in [6.45, 7) is 5.27. The van der Waals surface area contributed by atoms with Crippen LogP contribution in [-0.4, -0.2) is 50.0 Å². The van der Waals surface area contributed by atoms with Crippen molar-refractivity contribution in [2.24, 2.45) is 0 Å². The maximum atomic E-state index is 14.2. The van der Waals surface area contributed by atoms with E-state index in [1.54, 1.807) is 30.3 Å². The van der Waals surface area contributed by atoms with E-state index in [2.05, 4.69) is 5.32 Å². The third-order valence-electron chi connectivity index (χ3n) is 6.95.